The number of aliphatic hydroxyl groups excluding tert-OH is 1. The van der Waals surface area contributed by atoms with Crippen molar-refractivity contribution in [1.82, 2.24) is 14.8 Å². The van der Waals surface area contributed by atoms with Crippen molar-refractivity contribution in [2.24, 2.45) is 5.41 Å². The quantitative estimate of drug-likeness (QED) is 0.875. The molecular formula is C18H26N4O2. The molecule has 6 heteroatoms. The van der Waals surface area contributed by atoms with Crippen molar-refractivity contribution >= 4 is 11.7 Å². The SMILES string of the molecule is O=C(CCN1CC(O)C2(CC2)C1)N1CCN(c2ccccn2)CC1. The average molecular weight is 330 g/mol. The summed E-state index contributed by atoms with van der Waals surface area (Å²) < 4.78 is 0. The molecule has 0 bridgehead atoms. The molecule has 1 amide bonds. The van der Waals surface area contributed by atoms with E-state index >= 15 is 0 Å². The smallest absolute Gasteiger partial charge is 0.223 e. The van der Waals surface area contributed by atoms with E-state index in [-0.39, 0.29) is 17.4 Å². The van der Waals surface area contributed by atoms with Gasteiger partial charge < -0.3 is 14.9 Å². The molecule has 1 aromatic rings. The van der Waals surface area contributed by atoms with Crippen LogP contribution in [-0.4, -0.2) is 77.7 Å². The Morgan fingerprint density at radius 3 is 2.67 bits per heavy atom. The third kappa shape index (κ3) is 3.13. The van der Waals surface area contributed by atoms with Gasteiger partial charge in [-0.25, -0.2) is 4.98 Å². The topological polar surface area (TPSA) is 59.9 Å². The molecule has 6 nitrogen and oxygen atoms in total. The van der Waals surface area contributed by atoms with Gasteiger partial charge in [0, 0.05) is 63.8 Å². The lowest BCUT2D eigenvalue weighted by Gasteiger charge is -2.35. The number of aliphatic hydroxyl groups is 1. The number of piperazine rings is 1. The molecule has 2 aliphatic heterocycles. The molecule has 3 aliphatic rings. The number of rotatable bonds is 4. The Kier molecular flexibility index (Phi) is 4.18. The Bertz CT molecular complexity index is 582. The van der Waals surface area contributed by atoms with Gasteiger partial charge in [0.25, 0.3) is 0 Å². The summed E-state index contributed by atoms with van der Waals surface area (Å²) in [4.78, 5) is 23.3. The molecule has 2 saturated heterocycles. The second-order valence-electron chi connectivity index (χ2n) is 7.42. The van der Waals surface area contributed by atoms with Gasteiger partial charge >= 0.3 is 0 Å². The van der Waals surface area contributed by atoms with Gasteiger partial charge in [-0.05, 0) is 25.0 Å². The summed E-state index contributed by atoms with van der Waals surface area (Å²) in [5.41, 5.74) is 0.178. The minimum atomic E-state index is -0.186. The third-order valence-electron chi connectivity index (χ3n) is 5.82. The summed E-state index contributed by atoms with van der Waals surface area (Å²) in [6.07, 6.45) is 4.48. The lowest BCUT2D eigenvalue weighted by Crippen LogP contribution is -2.49. The van der Waals surface area contributed by atoms with Crippen LogP contribution >= 0.6 is 0 Å². The molecule has 1 N–H and O–H groups in total. The molecule has 1 atom stereocenters. The molecule has 1 aliphatic carbocycles. The van der Waals surface area contributed by atoms with Crippen molar-refractivity contribution in [3.63, 3.8) is 0 Å². The van der Waals surface area contributed by atoms with Crippen LogP contribution in [0.4, 0.5) is 5.82 Å². The molecular weight excluding hydrogens is 304 g/mol. The maximum atomic E-state index is 12.5. The summed E-state index contributed by atoms with van der Waals surface area (Å²) in [6, 6.07) is 5.94. The Morgan fingerprint density at radius 1 is 1.25 bits per heavy atom. The van der Waals surface area contributed by atoms with Crippen molar-refractivity contribution in [1.29, 1.82) is 0 Å². The first-order valence-electron chi connectivity index (χ1n) is 9.00. The molecule has 3 heterocycles. The number of aromatic nitrogens is 1. The summed E-state index contributed by atoms with van der Waals surface area (Å²) in [5, 5.41) is 10.1. The maximum Gasteiger partial charge on any atom is 0.223 e. The van der Waals surface area contributed by atoms with Gasteiger partial charge in [-0.3, -0.25) is 9.69 Å². The maximum absolute atomic E-state index is 12.5. The highest BCUT2D eigenvalue weighted by Crippen LogP contribution is 2.52. The first-order chi connectivity index (χ1) is 11.7. The number of pyridine rings is 1. The van der Waals surface area contributed by atoms with E-state index in [4.69, 9.17) is 0 Å². The predicted molar refractivity (Wildman–Crippen MR) is 91.8 cm³/mol. The Balaban J connectivity index is 1.22. The molecule has 0 aromatic carbocycles. The fraction of sp³-hybridized carbons (Fsp3) is 0.667. The molecule has 130 valence electrons. The second kappa shape index (κ2) is 6.33. The number of nitrogens with zero attached hydrogens (tertiary/aromatic N) is 4. The molecule has 1 saturated carbocycles. The highest BCUT2D eigenvalue weighted by Gasteiger charge is 2.54. The summed E-state index contributed by atoms with van der Waals surface area (Å²) >= 11 is 0. The van der Waals surface area contributed by atoms with Gasteiger partial charge in [0.05, 0.1) is 6.10 Å². The standard InChI is InChI=1S/C18H26N4O2/c23-15-13-20(14-18(15)5-6-18)8-4-17(24)22-11-9-21(10-12-22)16-3-1-2-7-19-16/h1-3,7,15,23H,4-6,8-14H2. The number of hydrogen-bond donors (Lipinski definition) is 1. The first kappa shape index (κ1) is 15.8. The van der Waals surface area contributed by atoms with Gasteiger partial charge in [0.2, 0.25) is 5.91 Å². The van der Waals surface area contributed by atoms with Gasteiger partial charge in [0.15, 0.2) is 0 Å². The van der Waals surface area contributed by atoms with E-state index in [1.165, 1.54) is 0 Å². The first-order valence-corrected chi connectivity index (χ1v) is 9.00. The zero-order valence-electron chi connectivity index (χ0n) is 14.1. The normalized spacial score (nSPS) is 26.1. The van der Waals surface area contributed by atoms with Crippen LogP contribution in [0.1, 0.15) is 19.3 Å². The van der Waals surface area contributed by atoms with Crippen LogP contribution in [0.3, 0.4) is 0 Å². The number of carbonyl (C=O) groups is 1. The number of carbonyl (C=O) groups excluding carboxylic acids is 1. The van der Waals surface area contributed by atoms with Crippen molar-refractivity contribution in [2.75, 3.05) is 50.7 Å². The Morgan fingerprint density at radius 2 is 2.04 bits per heavy atom. The second-order valence-corrected chi connectivity index (χ2v) is 7.42. The van der Waals surface area contributed by atoms with Crippen LogP contribution in [0.2, 0.25) is 0 Å². The number of likely N-dealkylation sites (tertiary alicyclic amines) is 1. The van der Waals surface area contributed by atoms with Crippen LogP contribution in [0.5, 0.6) is 0 Å². The largest absolute Gasteiger partial charge is 0.391 e. The summed E-state index contributed by atoms with van der Waals surface area (Å²) in [5.74, 6) is 1.23. The van der Waals surface area contributed by atoms with Gasteiger partial charge in [-0.15, -0.1) is 0 Å². The monoisotopic (exact) mass is 330 g/mol. The molecule has 3 fully saturated rings. The van der Waals surface area contributed by atoms with Crippen molar-refractivity contribution in [3.8, 4) is 0 Å². The fourth-order valence-electron chi connectivity index (χ4n) is 4.01. The van der Waals surface area contributed by atoms with E-state index < -0.39 is 0 Å². The van der Waals surface area contributed by atoms with E-state index in [0.717, 1.165) is 64.5 Å². The van der Waals surface area contributed by atoms with E-state index in [2.05, 4.69) is 14.8 Å². The van der Waals surface area contributed by atoms with Crippen LogP contribution in [0.25, 0.3) is 0 Å². The minimum Gasteiger partial charge on any atom is -0.391 e. The zero-order chi connectivity index (χ0) is 16.6. The predicted octanol–water partition coefficient (Wildman–Crippen LogP) is 0.577. The Hall–Kier alpha value is -1.66. The number of β-amino-alcohol motifs (C(OH)–C–C–N with tert-alkyl or cyclic N) is 1. The Labute approximate surface area is 143 Å². The highest BCUT2D eigenvalue weighted by atomic mass is 16.3. The molecule has 24 heavy (non-hydrogen) atoms. The molecule has 1 unspecified atom stereocenters. The minimum absolute atomic E-state index is 0.178. The van der Waals surface area contributed by atoms with Crippen LogP contribution in [0, 0.1) is 5.41 Å². The summed E-state index contributed by atoms with van der Waals surface area (Å²) in [6.45, 7) is 5.69. The van der Waals surface area contributed by atoms with Crippen molar-refractivity contribution < 1.29 is 9.90 Å². The average Bonchev–Trinajstić information content (AvgIpc) is 3.34. The number of hydrogen-bond acceptors (Lipinski definition) is 5. The van der Waals surface area contributed by atoms with Crippen molar-refractivity contribution in [3.05, 3.63) is 24.4 Å². The molecule has 0 radical (unpaired) electrons. The molecule has 4 rings (SSSR count). The van der Waals surface area contributed by atoms with Crippen LogP contribution < -0.4 is 4.90 Å². The zero-order valence-corrected chi connectivity index (χ0v) is 14.1. The van der Waals surface area contributed by atoms with Gasteiger partial charge in [-0.1, -0.05) is 6.07 Å². The van der Waals surface area contributed by atoms with Gasteiger partial charge in [-0.2, -0.15) is 0 Å². The number of amides is 1. The fourth-order valence-corrected chi connectivity index (χ4v) is 4.01. The molecule has 1 aromatic heterocycles. The number of anilines is 1. The van der Waals surface area contributed by atoms with Gasteiger partial charge in [0.1, 0.15) is 5.82 Å². The summed E-state index contributed by atoms with van der Waals surface area (Å²) in [7, 11) is 0. The van der Waals surface area contributed by atoms with E-state index in [1.54, 1.807) is 0 Å². The lowest BCUT2D eigenvalue weighted by molar-refractivity contribution is -0.131. The van der Waals surface area contributed by atoms with Crippen molar-refractivity contribution in [2.45, 2.75) is 25.4 Å². The highest BCUT2D eigenvalue weighted by molar-refractivity contribution is 5.76. The lowest BCUT2D eigenvalue weighted by atomic mass is 10.0. The van der Waals surface area contributed by atoms with E-state index in [0.29, 0.717) is 6.42 Å². The van der Waals surface area contributed by atoms with E-state index in [1.807, 2.05) is 29.3 Å². The molecule has 1 spiro atoms. The van der Waals surface area contributed by atoms with E-state index in [9.17, 15) is 9.90 Å². The van der Waals surface area contributed by atoms with Crippen LogP contribution in [-0.2, 0) is 4.79 Å². The third-order valence-corrected chi connectivity index (χ3v) is 5.82. The van der Waals surface area contributed by atoms with Crippen LogP contribution in [0.15, 0.2) is 24.4 Å².